The maximum absolute atomic E-state index is 2.48. The average Bonchev–Trinajstić information content (AvgIpc) is 2.46. The van der Waals surface area contributed by atoms with Gasteiger partial charge in [0.1, 0.15) is 0 Å². The molecule has 0 nitrogen and oxygen atoms in total. The fourth-order valence-corrected chi connectivity index (χ4v) is 3.61. The van der Waals surface area contributed by atoms with Gasteiger partial charge in [0, 0.05) is 4.90 Å². The second kappa shape index (κ2) is 13.3. The molecular weight excluding hydrogens is 363 g/mol. The Balaban J connectivity index is 1.79. The maximum Gasteiger partial charge on any atom is 0.00719 e. The first-order chi connectivity index (χ1) is 9.43. The minimum absolute atomic E-state index is 1.28. The number of benzene rings is 1. The van der Waals surface area contributed by atoms with Crippen LogP contribution in [0.5, 0.6) is 0 Å². The largest absolute Gasteiger partial charge is 0.126 e. The van der Waals surface area contributed by atoms with E-state index in [1.807, 2.05) is 11.8 Å². The van der Waals surface area contributed by atoms with Gasteiger partial charge >= 0.3 is 0 Å². The van der Waals surface area contributed by atoms with Crippen LogP contribution in [0.1, 0.15) is 57.8 Å². The van der Waals surface area contributed by atoms with Crippen LogP contribution in [0, 0.1) is 0 Å². The summed E-state index contributed by atoms with van der Waals surface area (Å²) in [5, 5.41) is 0. The van der Waals surface area contributed by atoms with Crippen LogP contribution in [0.2, 0.25) is 0 Å². The topological polar surface area (TPSA) is 0 Å². The van der Waals surface area contributed by atoms with Gasteiger partial charge in [-0.05, 0) is 35.2 Å². The van der Waals surface area contributed by atoms with Crippen molar-refractivity contribution in [3.05, 3.63) is 30.3 Å². The second-order valence-electron chi connectivity index (χ2n) is 5.03. The number of unbranched alkanes of at least 4 members (excludes halogenated alkanes) is 8. The molecule has 0 aromatic heterocycles. The molecule has 0 saturated heterocycles. The lowest BCUT2D eigenvalue weighted by Crippen LogP contribution is -1.84. The minimum Gasteiger partial charge on any atom is -0.126 e. The van der Waals surface area contributed by atoms with Crippen molar-refractivity contribution in [3.8, 4) is 0 Å². The van der Waals surface area contributed by atoms with E-state index in [1.165, 1.54) is 72.9 Å². The molecule has 0 heterocycles. The van der Waals surface area contributed by atoms with Crippen LogP contribution < -0.4 is 0 Å². The number of hydrogen-bond acceptors (Lipinski definition) is 1. The van der Waals surface area contributed by atoms with E-state index in [4.69, 9.17) is 0 Å². The Morgan fingerprint density at radius 2 is 1.21 bits per heavy atom. The van der Waals surface area contributed by atoms with E-state index < -0.39 is 0 Å². The third kappa shape index (κ3) is 10.7. The van der Waals surface area contributed by atoms with Crippen molar-refractivity contribution in [1.29, 1.82) is 0 Å². The molecule has 2 heteroatoms. The number of halogens is 1. The molecule has 0 N–H and O–H groups in total. The fourth-order valence-electron chi connectivity index (χ4n) is 2.14. The van der Waals surface area contributed by atoms with Gasteiger partial charge in [0.15, 0.2) is 0 Å². The van der Waals surface area contributed by atoms with Crippen molar-refractivity contribution in [2.75, 3.05) is 10.2 Å². The van der Waals surface area contributed by atoms with Gasteiger partial charge in [-0.3, -0.25) is 0 Å². The first-order valence-electron chi connectivity index (χ1n) is 7.67. The zero-order valence-corrected chi connectivity index (χ0v) is 14.9. The van der Waals surface area contributed by atoms with Gasteiger partial charge in [0.05, 0.1) is 0 Å². The van der Waals surface area contributed by atoms with Crippen molar-refractivity contribution < 1.29 is 0 Å². The summed E-state index contributed by atoms with van der Waals surface area (Å²) in [6.07, 6.45) is 12.9. The average molecular weight is 390 g/mol. The van der Waals surface area contributed by atoms with Gasteiger partial charge in [0.2, 0.25) is 0 Å². The smallest absolute Gasteiger partial charge is 0.00719 e. The van der Waals surface area contributed by atoms with Crippen molar-refractivity contribution in [3.63, 3.8) is 0 Å². The molecule has 0 fully saturated rings. The summed E-state index contributed by atoms with van der Waals surface area (Å²) in [6, 6.07) is 10.8. The highest BCUT2D eigenvalue weighted by atomic mass is 127. The van der Waals surface area contributed by atoms with E-state index in [-0.39, 0.29) is 0 Å². The highest BCUT2D eigenvalue weighted by Crippen LogP contribution is 2.19. The molecule has 19 heavy (non-hydrogen) atoms. The third-order valence-electron chi connectivity index (χ3n) is 3.29. The quantitative estimate of drug-likeness (QED) is 0.165. The maximum atomic E-state index is 2.48. The van der Waals surface area contributed by atoms with Crippen molar-refractivity contribution in [2.45, 2.75) is 62.7 Å². The zero-order chi connectivity index (χ0) is 13.6. The molecule has 0 aliphatic heterocycles. The van der Waals surface area contributed by atoms with Gasteiger partial charge in [-0.1, -0.05) is 85.7 Å². The van der Waals surface area contributed by atoms with Crippen molar-refractivity contribution in [2.24, 2.45) is 0 Å². The second-order valence-corrected chi connectivity index (χ2v) is 7.28. The Morgan fingerprint density at radius 1 is 0.684 bits per heavy atom. The predicted octanol–water partition coefficient (Wildman–Crippen LogP) is 6.72. The molecule has 1 aromatic rings. The number of hydrogen-bond donors (Lipinski definition) is 0. The van der Waals surface area contributed by atoms with Gasteiger partial charge in [-0.2, -0.15) is 0 Å². The van der Waals surface area contributed by atoms with Crippen LogP contribution in [0.15, 0.2) is 35.2 Å². The lowest BCUT2D eigenvalue weighted by molar-refractivity contribution is 0.575. The van der Waals surface area contributed by atoms with E-state index in [2.05, 4.69) is 52.9 Å². The predicted molar refractivity (Wildman–Crippen MR) is 97.6 cm³/mol. The lowest BCUT2D eigenvalue weighted by Gasteiger charge is -2.03. The third-order valence-corrected chi connectivity index (χ3v) is 5.15. The normalized spacial score (nSPS) is 10.8. The standard InChI is InChI=1S/C17H27IS/c18-15-11-6-4-2-1-3-5-7-12-16-19-17-13-9-8-10-14-17/h8-10,13-14H,1-7,11-12,15-16H2. The summed E-state index contributed by atoms with van der Waals surface area (Å²) in [5.74, 6) is 1.28. The molecule has 1 aromatic carbocycles. The van der Waals surface area contributed by atoms with E-state index >= 15 is 0 Å². The molecule has 0 radical (unpaired) electrons. The molecule has 0 aliphatic carbocycles. The van der Waals surface area contributed by atoms with E-state index in [1.54, 1.807) is 0 Å². The van der Waals surface area contributed by atoms with Crippen LogP contribution >= 0.6 is 34.4 Å². The number of alkyl halides is 1. The van der Waals surface area contributed by atoms with Gasteiger partial charge < -0.3 is 0 Å². The molecular formula is C17H27IS. The monoisotopic (exact) mass is 390 g/mol. The highest BCUT2D eigenvalue weighted by molar-refractivity contribution is 14.1. The number of thioether (sulfide) groups is 1. The minimum atomic E-state index is 1.28. The van der Waals surface area contributed by atoms with E-state index in [9.17, 15) is 0 Å². The summed E-state index contributed by atoms with van der Waals surface area (Å²) < 4.78 is 1.33. The first-order valence-corrected chi connectivity index (χ1v) is 10.2. The Hall–Kier alpha value is 0.300. The van der Waals surface area contributed by atoms with E-state index in [0.717, 1.165) is 0 Å². The molecule has 0 spiro atoms. The summed E-state index contributed by atoms with van der Waals surface area (Å²) >= 11 is 4.47. The summed E-state index contributed by atoms with van der Waals surface area (Å²) in [7, 11) is 0. The van der Waals surface area contributed by atoms with Crippen LogP contribution in [-0.4, -0.2) is 10.2 Å². The molecule has 0 atom stereocenters. The van der Waals surface area contributed by atoms with Crippen LogP contribution in [-0.2, 0) is 0 Å². The first kappa shape index (κ1) is 17.4. The SMILES string of the molecule is ICCCCCCCCCCCSc1ccccc1. The van der Waals surface area contributed by atoms with Crippen LogP contribution in [0.3, 0.4) is 0 Å². The van der Waals surface area contributed by atoms with Gasteiger partial charge in [-0.15, -0.1) is 11.8 Å². The summed E-state index contributed by atoms with van der Waals surface area (Å²) in [4.78, 5) is 1.41. The van der Waals surface area contributed by atoms with Crippen molar-refractivity contribution >= 4 is 34.4 Å². The fraction of sp³-hybridized carbons (Fsp3) is 0.647. The Morgan fingerprint density at radius 3 is 1.79 bits per heavy atom. The van der Waals surface area contributed by atoms with Crippen LogP contribution in [0.4, 0.5) is 0 Å². The molecule has 108 valence electrons. The molecule has 0 bridgehead atoms. The summed E-state index contributed by atoms with van der Waals surface area (Å²) in [5.41, 5.74) is 0. The van der Waals surface area contributed by atoms with Crippen LogP contribution in [0.25, 0.3) is 0 Å². The Bertz CT molecular complexity index is 287. The molecule has 0 saturated carbocycles. The van der Waals surface area contributed by atoms with Gasteiger partial charge in [-0.25, -0.2) is 0 Å². The molecule has 0 aliphatic rings. The zero-order valence-electron chi connectivity index (χ0n) is 12.0. The lowest BCUT2D eigenvalue weighted by atomic mass is 10.1. The molecule has 1 rings (SSSR count). The van der Waals surface area contributed by atoms with E-state index in [0.29, 0.717) is 0 Å². The highest BCUT2D eigenvalue weighted by Gasteiger charge is 1.94. The molecule has 0 unspecified atom stereocenters. The molecule has 0 amide bonds. The summed E-state index contributed by atoms with van der Waals surface area (Å²) in [6.45, 7) is 0. The Kier molecular flexibility index (Phi) is 12.1. The number of rotatable bonds is 12. The van der Waals surface area contributed by atoms with Gasteiger partial charge in [0.25, 0.3) is 0 Å². The van der Waals surface area contributed by atoms with Crippen molar-refractivity contribution in [1.82, 2.24) is 0 Å². The Labute approximate surface area is 137 Å².